The van der Waals surface area contributed by atoms with Crippen LogP contribution in [0.15, 0.2) is 36.5 Å². The first-order valence-corrected chi connectivity index (χ1v) is 9.80. The van der Waals surface area contributed by atoms with E-state index < -0.39 is 30.0 Å². The molecule has 1 saturated heterocycles. The summed E-state index contributed by atoms with van der Waals surface area (Å²) in [4.78, 5) is 30.6. The predicted molar refractivity (Wildman–Crippen MR) is 108 cm³/mol. The van der Waals surface area contributed by atoms with Gasteiger partial charge in [-0.1, -0.05) is 6.07 Å². The van der Waals surface area contributed by atoms with Crippen LogP contribution in [0.3, 0.4) is 0 Å². The summed E-state index contributed by atoms with van der Waals surface area (Å²) in [6, 6.07) is 7.29. The van der Waals surface area contributed by atoms with Gasteiger partial charge in [0.25, 0.3) is 0 Å². The lowest BCUT2D eigenvalue weighted by molar-refractivity contribution is -0.403. The van der Waals surface area contributed by atoms with Gasteiger partial charge in [0.15, 0.2) is 12.1 Å². The van der Waals surface area contributed by atoms with Crippen LogP contribution in [0.25, 0.3) is 22.6 Å². The number of carbonyl (C=O) groups is 2. The van der Waals surface area contributed by atoms with Crippen LogP contribution < -0.4 is 10.6 Å². The van der Waals surface area contributed by atoms with Crippen LogP contribution in [0.1, 0.15) is 6.92 Å². The number of rotatable bonds is 6. The van der Waals surface area contributed by atoms with Crippen molar-refractivity contribution in [2.24, 2.45) is 7.05 Å². The lowest BCUT2D eigenvalue weighted by Gasteiger charge is -2.14. The van der Waals surface area contributed by atoms with Gasteiger partial charge in [-0.05, 0) is 36.4 Å². The van der Waals surface area contributed by atoms with Gasteiger partial charge in [0, 0.05) is 17.3 Å². The van der Waals surface area contributed by atoms with Gasteiger partial charge in [0.05, 0.1) is 19.3 Å². The quantitative estimate of drug-likeness (QED) is 0.547. The van der Waals surface area contributed by atoms with Gasteiger partial charge in [-0.25, -0.2) is 14.0 Å². The van der Waals surface area contributed by atoms with Crippen molar-refractivity contribution in [3.8, 4) is 22.6 Å². The van der Waals surface area contributed by atoms with Crippen molar-refractivity contribution in [3.05, 3.63) is 42.3 Å². The second kappa shape index (κ2) is 8.67. The number of pyridine rings is 1. The predicted octanol–water partition coefficient (Wildman–Crippen LogP) is 0.577. The van der Waals surface area contributed by atoms with Crippen LogP contribution in [-0.4, -0.2) is 62.6 Å². The van der Waals surface area contributed by atoms with Crippen LogP contribution in [0.2, 0.25) is 0 Å². The molecule has 1 fully saturated rings. The summed E-state index contributed by atoms with van der Waals surface area (Å²) in [5, 5.41) is 11.7. The van der Waals surface area contributed by atoms with Crippen molar-refractivity contribution in [1.82, 2.24) is 25.2 Å². The molecule has 11 nitrogen and oxygen atoms in total. The third-order valence-electron chi connectivity index (χ3n) is 4.76. The lowest BCUT2D eigenvalue weighted by Crippen LogP contribution is -2.63. The molecule has 4 rings (SSSR count). The van der Waals surface area contributed by atoms with E-state index in [4.69, 9.17) is 9.47 Å². The second-order valence-electron chi connectivity index (χ2n) is 7.35. The minimum atomic E-state index is -0.639. The van der Waals surface area contributed by atoms with Crippen molar-refractivity contribution in [1.29, 1.82) is 0 Å². The molecule has 1 aliphatic rings. The van der Waals surface area contributed by atoms with E-state index >= 15 is 0 Å². The highest BCUT2D eigenvalue weighted by molar-refractivity contribution is 5.90. The third kappa shape index (κ3) is 4.39. The number of aromatic nitrogens is 5. The molecule has 3 aromatic rings. The first-order chi connectivity index (χ1) is 15.3. The van der Waals surface area contributed by atoms with Gasteiger partial charge >= 0.3 is 12.1 Å². The van der Waals surface area contributed by atoms with Gasteiger partial charge in [-0.3, -0.25) is 9.88 Å². The zero-order chi connectivity index (χ0) is 22.8. The molecule has 0 radical (unpaired) electrons. The number of amides is 1. The number of carbonyl (C=O) groups excluding carboxylic acids is 2. The Balaban J connectivity index is 1.46. The summed E-state index contributed by atoms with van der Waals surface area (Å²) in [6.45, 7) is 1.66. The maximum Gasteiger partial charge on any atom is 0.414 e. The number of aryl methyl sites for hydroxylation is 1. The van der Waals surface area contributed by atoms with E-state index in [1.165, 1.54) is 22.0 Å². The standard InChI is InChI=1S/C20H20FN7O4/c1-11(22)19(29)31-10-14-9-28(20(30)32-14)13-4-5-15(16(21)7-13)12-3-6-17(23-8-12)18-24-26-27(2)25-18/h3-8,11,14H,9-10,22H2,1-2H3/p+1/t11-,14-/m1/s1. The molecule has 2 aromatic heterocycles. The smallest absolute Gasteiger partial charge is 0.414 e. The number of esters is 1. The average Bonchev–Trinajstić information content (AvgIpc) is 3.37. The van der Waals surface area contributed by atoms with Gasteiger partial charge < -0.3 is 15.2 Å². The summed E-state index contributed by atoms with van der Waals surface area (Å²) in [7, 11) is 1.65. The van der Waals surface area contributed by atoms with Crippen LogP contribution >= 0.6 is 0 Å². The summed E-state index contributed by atoms with van der Waals surface area (Å²) >= 11 is 0. The van der Waals surface area contributed by atoms with Gasteiger partial charge in [0.2, 0.25) is 5.82 Å². The second-order valence-corrected chi connectivity index (χ2v) is 7.35. The van der Waals surface area contributed by atoms with Crippen LogP contribution in [-0.2, 0) is 21.3 Å². The molecule has 0 bridgehead atoms. The van der Waals surface area contributed by atoms with Crippen molar-refractivity contribution in [2.45, 2.75) is 19.1 Å². The summed E-state index contributed by atoms with van der Waals surface area (Å²) in [5.41, 5.74) is 5.30. The molecule has 166 valence electrons. The fraction of sp³-hybridized carbons (Fsp3) is 0.300. The number of anilines is 1. The fourth-order valence-electron chi connectivity index (χ4n) is 3.11. The average molecular weight is 442 g/mol. The highest BCUT2D eigenvalue weighted by Gasteiger charge is 2.34. The first kappa shape index (κ1) is 21.3. The SMILES string of the molecule is C[C@@H]([NH3+])C(=O)OC[C@H]1CN(c2ccc(-c3ccc(-c4nnn(C)n4)nc3)c(F)c2)C(=O)O1. The highest BCUT2D eigenvalue weighted by Crippen LogP contribution is 2.29. The number of tetrazole rings is 1. The number of cyclic esters (lactones) is 1. The normalized spacial score (nSPS) is 16.7. The van der Waals surface area contributed by atoms with E-state index in [0.717, 1.165) is 0 Å². The molecule has 1 aliphatic heterocycles. The van der Waals surface area contributed by atoms with E-state index in [2.05, 4.69) is 26.1 Å². The number of quaternary nitrogens is 1. The lowest BCUT2D eigenvalue weighted by atomic mass is 10.1. The third-order valence-corrected chi connectivity index (χ3v) is 4.76. The monoisotopic (exact) mass is 442 g/mol. The summed E-state index contributed by atoms with van der Waals surface area (Å²) in [5.74, 6) is -0.639. The molecule has 0 saturated carbocycles. The van der Waals surface area contributed by atoms with Crippen molar-refractivity contribution >= 4 is 17.7 Å². The van der Waals surface area contributed by atoms with Crippen molar-refractivity contribution in [2.75, 3.05) is 18.1 Å². The summed E-state index contributed by atoms with van der Waals surface area (Å²) < 4.78 is 25.1. The van der Waals surface area contributed by atoms with E-state index in [1.54, 1.807) is 38.2 Å². The molecule has 0 unspecified atom stereocenters. The van der Waals surface area contributed by atoms with Crippen molar-refractivity contribution < 1.29 is 29.2 Å². The minimum Gasteiger partial charge on any atom is -0.457 e. The largest absolute Gasteiger partial charge is 0.457 e. The molecular formula is C20H21FN7O4+. The number of halogens is 1. The van der Waals surface area contributed by atoms with Crippen molar-refractivity contribution in [3.63, 3.8) is 0 Å². The number of hydrogen-bond acceptors (Lipinski definition) is 8. The Bertz CT molecular complexity index is 1150. The van der Waals surface area contributed by atoms with Crippen LogP contribution in [0, 0.1) is 5.82 Å². The topological polar surface area (TPSA) is 140 Å². The Morgan fingerprint density at radius 1 is 1.38 bits per heavy atom. The molecule has 3 heterocycles. The molecule has 0 aliphatic carbocycles. The Morgan fingerprint density at radius 2 is 2.19 bits per heavy atom. The van der Waals surface area contributed by atoms with Gasteiger partial charge in [-0.15, -0.1) is 10.2 Å². The summed E-state index contributed by atoms with van der Waals surface area (Å²) in [6.07, 6.45) is 0.240. The molecule has 3 N–H and O–H groups in total. The van der Waals surface area contributed by atoms with E-state index in [9.17, 15) is 14.0 Å². The fourth-order valence-corrected chi connectivity index (χ4v) is 3.11. The molecule has 12 heteroatoms. The maximum atomic E-state index is 14.9. The first-order valence-electron chi connectivity index (χ1n) is 9.80. The molecule has 0 spiro atoms. The Morgan fingerprint density at radius 3 is 2.81 bits per heavy atom. The van der Waals surface area contributed by atoms with Gasteiger partial charge in [0.1, 0.15) is 18.1 Å². The highest BCUT2D eigenvalue weighted by atomic mass is 19.1. The van der Waals surface area contributed by atoms with Gasteiger partial charge in [-0.2, -0.15) is 4.80 Å². The van der Waals surface area contributed by atoms with Crippen LogP contribution in [0.4, 0.5) is 14.9 Å². The zero-order valence-electron chi connectivity index (χ0n) is 17.4. The Hall–Kier alpha value is -3.93. The number of ether oxygens (including phenoxy) is 2. The van der Waals surface area contributed by atoms with Crippen LogP contribution in [0.5, 0.6) is 0 Å². The maximum absolute atomic E-state index is 14.9. The number of hydrogen-bond donors (Lipinski definition) is 1. The van der Waals surface area contributed by atoms with E-state index in [-0.39, 0.29) is 13.2 Å². The Kier molecular flexibility index (Phi) is 5.77. The minimum absolute atomic E-state index is 0.0832. The molecule has 1 amide bonds. The Labute approximate surface area is 181 Å². The number of benzene rings is 1. The zero-order valence-corrected chi connectivity index (χ0v) is 17.4. The molecule has 32 heavy (non-hydrogen) atoms. The molecule has 2 atom stereocenters. The molecule has 1 aromatic carbocycles. The number of nitrogens with zero attached hydrogens (tertiary/aromatic N) is 6. The van der Waals surface area contributed by atoms with E-state index in [1.807, 2.05) is 0 Å². The van der Waals surface area contributed by atoms with E-state index in [0.29, 0.717) is 28.3 Å². The molecular weight excluding hydrogens is 421 g/mol.